The van der Waals surface area contributed by atoms with Crippen molar-refractivity contribution in [3.05, 3.63) is 0 Å². The summed E-state index contributed by atoms with van der Waals surface area (Å²) in [6, 6.07) is 0. The minimum absolute atomic E-state index is 0.148. The largest absolute Gasteiger partial charge is 0.345 e. The molecule has 1 amide bonds. The Morgan fingerprint density at radius 3 is 2.42 bits per heavy atom. The smallest absolute Gasteiger partial charge is 0.224 e. The summed E-state index contributed by atoms with van der Waals surface area (Å²) >= 11 is 0. The van der Waals surface area contributed by atoms with Gasteiger partial charge in [0.2, 0.25) is 5.91 Å². The summed E-state index contributed by atoms with van der Waals surface area (Å²) in [4.78, 5) is 13.3. The van der Waals surface area contributed by atoms with E-state index >= 15 is 0 Å². The van der Waals surface area contributed by atoms with Crippen LogP contribution in [0.3, 0.4) is 0 Å². The Morgan fingerprint density at radius 1 is 1.50 bits per heavy atom. The van der Waals surface area contributed by atoms with Crippen LogP contribution in [0.25, 0.3) is 0 Å². The predicted octanol–water partition coefficient (Wildman–Crippen LogP) is 1.90. The van der Waals surface area contributed by atoms with Crippen molar-refractivity contribution in [1.82, 2.24) is 4.90 Å². The molecule has 0 aromatic rings. The Morgan fingerprint density at radius 2 is 2.08 bits per heavy atom. The van der Waals surface area contributed by atoms with E-state index in [1.54, 1.807) is 0 Å². The van der Waals surface area contributed by atoms with Crippen molar-refractivity contribution in [3.63, 3.8) is 0 Å². The van der Waals surface area contributed by atoms with Crippen LogP contribution in [-0.4, -0.2) is 24.4 Å². The molecule has 0 spiro atoms. The zero-order chi connectivity index (χ0) is 9.14. The molecule has 0 aromatic heterocycles. The highest BCUT2D eigenvalue weighted by molar-refractivity contribution is 5.77. The van der Waals surface area contributed by atoms with Gasteiger partial charge < -0.3 is 4.90 Å². The minimum Gasteiger partial charge on any atom is -0.345 e. The maximum atomic E-state index is 11.4. The molecule has 12 heavy (non-hydrogen) atoms. The van der Waals surface area contributed by atoms with Crippen molar-refractivity contribution in [3.8, 4) is 0 Å². The molecule has 1 rings (SSSR count). The first-order chi connectivity index (χ1) is 5.61. The number of hydrogen-bond donors (Lipinski definition) is 0. The van der Waals surface area contributed by atoms with E-state index in [1.807, 2.05) is 25.8 Å². The lowest BCUT2D eigenvalue weighted by atomic mass is 9.85. The van der Waals surface area contributed by atoms with Crippen LogP contribution in [0, 0.1) is 11.8 Å². The van der Waals surface area contributed by atoms with Gasteiger partial charge in [0.1, 0.15) is 0 Å². The van der Waals surface area contributed by atoms with E-state index in [2.05, 4.69) is 0 Å². The molecule has 0 atom stereocenters. The van der Waals surface area contributed by atoms with Crippen molar-refractivity contribution < 1.29 is 4.79 Å². The quantitative estimate of drug-likeness (QED) is 0.632. The van der Waals surface area contributed by atoms with Crippen LogP contribution in [0.5, 0.6) is 0 Å². The number of hydrogen-bond acceptors (Lipinski definition) is 1. The van der Waals surface area contributed by atoms with Gasteiger partial charge in [0, 0.05) is 19.5 Å². The van der Waals surface area contributed by atoms with Crippen LogP contribution >= 0.6 is 0 Å². The van der Waals surface area contributed by atoms with Crippen molar-refractivity contribution >= 4 is 5.91 Å². The first-order valence-electron chi connectivity index (χ1n) is 4.86. The molecule has 0 aromatic carbocycles. The number of carbonyl (C=O) groups excluding carboxylic acids is 1. The van der Waals surface area contributed by atoms with Crippen LogP contribution < -0.4 is 0 Å². The monoisotopic (exact) mass is 169 g/mol. The zero-order valence-electron chi connectivity index (χ0n) is 8.34. The molecule has 1 aliphatic rings. The van der Waals surface area contributed by atoms with Gasteiger partial charge in [-0.3, -0.25) is 4.79 Å². The van der Waals surface area contributed by atoms with Gasteiger partial charge in [0.25, 0.3) is 0 Å². The lowest BCUT2D eigenvalue weighted by Crippen LogP contribution is -2.36. The highest BCUT2D eigenvalue weighted by Gasteiger charge is 2.22. The number of rotatable bonds is 3. The van der Waals surface area contributed by atoms with Crippen LogP contribution in [0.2, 0.25) is 0 Å². The summed E-state index contributed by atoms with van der Waals surface area (Å²) in [5.41, 5.74) is 0. The molecule has 0 heterocycles. The third-order valence-electron chi connectivity index (χ3n) is 2.63. The standard InChI is InChI=1S/C10H19NO/c1-8(2)10(12)11(3)7-9-5-4-6-9/h8-9H,4-7H2,1-3H3. The topological polar surface area (TPSA) is 20.3 Å². The van der Waals surface area contributed by atoms with E-state index in [4.69, 9.17) is 0 Å². The summed E-state index contributed by atoms with van der Waals surface area (Å²) in [5.74, 6) is 1.22. The molecule has 0 unspecified atom stereocenters. The second-order valence-electron chi connectivity index (χ2n) is 4.17. The number of carbonyl (C=O) groups is 1. The van der Waals surface area contributed by atoms with Crippen LogP contribution in [0.1, 0.15) is 33.1 Å². The van der Waals surface area contributed by atoms with E-state index in [-0.39, 0.29) is 11.8 Å². The van der Waals surface area contributed by atoms with Crippen LogP contribution in [-0.2, 0) is 4.79 Å². The van der Waals surface area contributed by atoms with Gasteiger partial charge in [-0.05, 0) is 18.8 Å². The lowest BCUT2D eigenvalue weighted by Gasteiger charge is -2.30. The number of amides is 1. The first-order valence-corrected chi connectivity index (χ1v) is 4.86. The molecule has 1 saturated carbocycles. The van der Waals surface area contributed by atoms with Gasteiger partial charge in [-0.25, -0.2) is 0 Å². The molecule has 0 radical (unpaired) electrons. The predicted molar refractivity (Wildman–Crippen MR) is 49.8 cm³/mol. The lowest BCUT2D eigenvalue weighted by molar-refractivity contribution is -0.134. The normalized spacial score (nSPS) is 17.7. The Balaban J connectivity index is 2.26. The summed E-state index contributed by atoms with van der Waals surface area (Å²) in [7, 11) is 1.92. The molecule has 0 aliphatic heterocycles. The fraction of sp³-hybridized carbons (Fsp3) is 0.900. The number of nitrogens with zero attached hydrogens (tertiary/aromatic N) is 1. The highest BCUT2D eigenvalue weighted by atomic mass is 16.2. The molecule has 1 aliphatic carbocycles. The fourth-order valence-corrected chi connectivity index (χ4v) is 1.59. The summed E-state index contributed by atoms with van der Waals surface area (Å²) in [6.07, 6.45) is 3.99. The Bertz CT molecular complexity index is 161. The van der Waals surface area contributed by atoms with E-state index in [1.165, 1.54) is 19.3 Å². The molecule has 0 N–H and O–H groups in total. The Labute approximate surface area is 74.9 Å². The molecular formula is C10H19NO. The van der Waals surface area contributed by atoms with E-state index in [0.717, 1.165) is 12.5 Å². The zero-order valence-corrected chi connectivity index (χ0v) is 8.34. The van der Waals surface area contributed by atoms with Gasteiger partial charge in [-0.15, -0.1) is 0 Å². The third-order valence-corrected chi connectivity index (χ3v) is 2.63. The summed E-state index contributed by atoms with van der Waals surface area (Å²) < 4.78 is 0. The van der Waals surface area contributed by atoms with Gasteiger partial charge >= 0.3 is 0 Å². The first kappa shape index (κ1) is 9.56. The van der Waals surface area contributed by atoms with Gasteiger partial charge in [-0.2, -0.15) is 0 Å². The van der Waals surface area contributed by atoms with E-state index < -0.39 is 0 Å². The van der Waals surface area contributed by atoms with Crippen LogP contribution in [0.4, 0.5) is 0 Å². The maximum absolute atomic E-state index is 11.4. The van der Waals surface area contributed by atoms with Crippen molar-refractivity contribution in [2.75, 3.05) is 13.6 Å². The fourth-order valence-electron chi connectivity index (χ4n) is 1.59. The Kier molecular flexibility index (Phi) is 3.12. The summed E-state index contributed by atoms with van der Waals surface area (Å²) in [5, 5.41) is 0. The van der Waals surface area contributed by atoms with Crippen molar-refractivity contribution in [2.45, 2.75) is 33.1 Å². The van der Waals surface area contributed by atoms with E-state index in [0.29, 0.717) is 0 Å². The highest BCUT2D eigenvalue weighted by Crippen LogP contribution is 2.26. The third kappa shape index (κ3) is 2.23. The second-order valence-corrected chi connectivity index (χ2v) is 4.17. The molecular weight excluding hydrogens is 150 g/mol. The average molecular weight is 169 g/mol. The second kappa shape index (κ2) is 3.92. The molecule has 2 heteroatoms. The van der Waals surface area contributed by atoms with Crippen LogP contribution in [0.15, 0.2) is 0 Å². The maximum Gasteiger partial charge on any atom is 0.224 e. The molecule has 0 saturated heterocycles. The van der Waals surface area contributed by atoms with Gasteiger partial charge in [0.15, 0.2) is 0 Å². The molecule has 2 nitrogen and oxygen atoms in total. The molecule has 70 valence electrons. The summed E-state index contributed by atoms with van der Waals surface area (Å²) in [6.45, 7) is 4.89. The minimum atomic E-state index is 0.148. The molecule has 1 fully saturated rings. The molecule has 0 bridgehead atoms. The van der Waals surface area contributed by atoms with Gasteiger partial charge in [-0.1, -0.05) is 20.3 Å². The van der Waals surface area contributed by atoms with Crippen molar-refractivity contribution in [2.24, 2.45) is 11.8 Å². The Hall–Kier alpha value is -0.530. The van der Waals surface area contributed by atoms with Crippen molar-refractivity contribution in [1.29, 1.82) is 0 Å². The average Bonchev–Trinajstić information content (AvgIpc) is 1.94. The van der Waals surface area contributed by atoms with E-state index in [9.17, 15) is 4.79 Å². The van der Waals surface area contributed by atoms with Gasteiger partial charge in [0.05, 0.1) is 0 Å². The SMILES string of the molecule is CC(C)C(=O)N(C)CC1CCC1.